The number of anilines is 1. The number of rotatable bonds is 3. The van der Waals surface area contributed by atoms with Gasteiger partial charge in [0.2, 0.25) is 0 Å². The molecule has 2 aromatic carbocycles. The molecule has 3 heteroatoms. The van der Waals surface area contributed by atoms with Crippen LogP contribution in [-0.4, -0.2) is 18.9 Å². The predicted octanol–water partition coefficient (Wildman–Crippen LogP) is 4.39. The molecule has 0 aromatic heterocycles. The number of Topliss-reactive ketones (excluding diaryl/α,β-unsaturated/α-hetero) is 1. The molecule has 0 unspecified atom stereocenters. The number of carbonyl (C=O) groups is 1. The second kappa shape index (κ2) is 6.02. The van der Waals surface area contributed by atoms with E-state index in [1.54, 1.807) is 0 Å². The zero-order valence-corrected chi connectivity index (χ0v) is 13.7. The Morgan fingerprint density at radius 1 is 1.24 bits per heavy atom. The topological polar surface area (TPSA) is 20.3 Å². The van der Waals surface area contributed by atoms with E-state index in [4.69, 9.17) is 0 Å². The van der Waals surface area contributed by atoms with Crippen molar-refractivity contribution in [3.05, 3.63) is 63.6 Å². The zero-order chi connectivity index (χ0) is 14.8. The lowest BCUT2D eigenvalue weighted by Crippen LogP contribution is -2.34. The summed E-state index contributed by atoms with van der Waals surface area (Å²) in [4.78, 5) is 14.7. The highest BCUT2D eigenvalue weighted by Gasteiger charge is 2.20. The van der Waals surface area contributed by atoms with Gasteiger partial charge in [0, 0.05) is 22.3 Å². The predicted molar refractivity (Wildman–Crippen MR) is 90.2 cm³/mol. The fourth-order valence-electron chi connectivity index (χ4n) is 2.91. The van der Waals surface area contributed by atoms with Gasteiger partial charge < -0.3 is 4.90 Å². The Kier molecular flexibility index (Phi) is 4.11. The molecule has 2 nitrogen and oxygen atoms in total. The first-order valence-corrected chi connectivity index (χ1v) is 8.06. The molecular formula is C18H18BrNO. The quantitative estimate of drug-likeness (QED) is 0.770. The van der Waals surface area contributed by atoms with Gasteiger partial charge in [-0.2, -0.15) is 0 Å². The summed E-state index contributed by atoms with van der Waals surface area (Å²) in [6.45, 7) is 3.51. The summed E-state index contributed by atoms with van der Waals surface area (Å²) in [6.07, 6.45) is 2.22. The molecule has 108 valence electrons. The highest BCUT2D eigenvalue weighted by Crippen LogP contribution is 2.28. The van der Waals surface area contributed by atoms with E-state index in [0.29, 0.717) is 6.54 Å². The summed E-state index contributed by atoms with van der Waals surface area (Å²) in [5.74, 6) is 0.163. The normalized spacial score (nSPS) is 13.9. The van der Waals surface area contributed by atoms with Crippen molar-refractivity contribution >= 4 is 27.4 Å². The molecule has 0 fully saturated rings. The smallest absolute Gasteiger partial charge is 0.183 e. The van der Waals surface area contributed by atoms with Crippen LogP contribution in [0.5, 0.6) is 0 Å². The molecule has 0 radical (unpaired) electrons. The first-order chi connectivity index (χ1) is 10.1. The van der Waals surface area contributed by atoms with Gasteiger partial charge in [0.25, 0.3) is 0 Å². The molecule has 0 saturated carbocycles. The van der Waals surface area contributed by atoms with Gasteiger partial charge in [-0.1, -0.05) is 51.8 Å². The van der Waals surface area contributed by atoms with Crippen LogP contribution in [0.3, 0.4) is 0 Å². The minimum atomic E-state index is 0.163. The van der Waals surface area contributed by atoms with Crippen LogP contribution in [0.25, 0.3) is 0 Å². The second-order valence-corrected chi connectivity index (χ2v) is 6.41. The molecule has 0 saturated heterocycles. The van der Waals surface area contributed by atoms with E-state index >= 15 is 0 Å². The van der Waals surface area contributed by atoms with E-state index in [0.717, 1.165) is 29.4 Å². The van der Waals surface area contributed by atoms with Crippen molar-refractivity contribution in [3.8, 4) is 0 Å². The van der Waals surface area contributed by atoms with Crippen molar-refractivity contribution in [3.63, 3.8) is 0 Å². The molecule has 1 aliphatic rings. The number of ketones is 1. The first kappa shape index (κ1) is 14.3. The summed E-state index contributed by atoms with van der Waals surface area (Å²) in [5, 5.41) is 0. The van der Waals surface area contributed by atoms with Crippen LogP contribution >= 0.6 is 15.9 Å². The minimum Gasteiger partial charge on any atom is -0.364 e. The third-order valence-electron chi connectivity index (χ3n) is 3.96. The van der Waals surface area contributed by atoms with Gasteiger partial charge in [-0.05, 0) is 37.5 Å². The molecule has 0 N–H and O–H groups in total. The van der Waals surface area contributed by atoms with E-state index < -0.39 is 0 Å². The van der Waals surface area contributed by atoms with E-state index in [-0.39, 0.29) is 5.78 Å². The Hall–Kier alpha value is -1.61. The zero-order valence-electron chi connectivity index (χ0n) is 12.1. The number of fused-ring (bicyclic) bond motifs is 1. The van der Waals surface area contributed by atoms with Crippen LogP contribution in [0.15, 0.2) is 46.9 Å². The lowest BCUT2D eigenvalue weighted by Gasteiger charge is -2.31. The van der Waals surface area contributed by atoms with Crippen molar-refractivity contribution in [2.45, 2.75) is 19.8 Å². The molecular weight excluding hydrogens is 326 g/mol. The van der Waals surface area contributed by atoms with E-state index in [2.05, 4.69) is 46.0 Å². The van der Waals surface area contributed by atoms with Gasteiger partial charge in [0.05, 0.1) is 6.54 Å². The number of halogens is 1. The Balaban J connectivity index is 1.84. The van der Waals surface area contributed by atoms with Crippen LogP contribution in [0.4, 0.5) is 5.69 Å². The standard InChI is InChI=1S/C18H18BrNO/c1-13-8-9-17-14(11-13)5-4-10-20(17)12-18(21)15-6-2-3-7-16(15)19/h2-3,6-9,11H,4-5,10,12H2,1H3. The Morgan fingerprint density at radius 3 is 2.86 bits per heavy atom. The van der Waals surface area contributed by atoms with E-state index in [9.17, 15) is 4.79 Å². The van der Waals surface area contributed by atoms with Crippen molar-refractivity contribution in [1.82, 2.24) is 0 Å². The average Bonchev–Trinajstić information content (AvgIpc) is 2.47. The van der Waals surface area contributed by atoms with Crippen molar-refractivity contribution < 1.29 is 4.79 Å². The highest BCUT2D eigenvalue weighted by atomic mass is 79.9. The minimum absolute atomic E-state index is 0.163. The number of hydrogen-bond acceptors (Lipinski definition) is 2. The SMILES string of the molecule is Cc1ccc2c(c1)CCCN2CC(=O)c1ccccc1Br. The van der Waals surface area contributed by atoms with E-state index in [1.807, 2.05) is 24.3 Å². The Labute approximate surface area is 133 Å². The van der Waals surface area contributed by atoms with Crippen molar-refractivity contribution in [2.24, 2.45) is 0 Å². The maximum absolute atomic E-state index is 12.5. The maximum Gasteiger partial charge on any atom is 0.183 e. The first-order valence-electron chi connectivity index (χ1n) is 7.27. The van der Waals surface area contributed by atoms with Crippen LogP contribution in [0, 0.1) is 6.92 Å². The molecule has 0 amide bonds. The number of benzene rings is 2. The summed E-state index contributed by atoms with van der Waals surface area (Å²) >= 11 is 3.46. The summed E-state index contributed by atoms with van der Waals surface area (Å²) in [7, 11) is 0. The van der Waals surface area contributed by atoms with E-state index in [1.165, 1.54) is 16.8 Å². The third kappa shape index (κ3) is 3.03. The van der Waals surface area contributed by atoms with Gasteiger partial charge in [-0.15, -0.1) is 0 Å². The van der Waals surface area contributed by atoms with Gasteiger partial charge in [-0.3, -0.25) is 4.79 Å². The Morgan fingerprint density at radius 2 is 2.05 bits per heavy atom. The largest absolute Gasteiger partial charge is 0.364 e. The van der Waals surface area contributed by atoms with Crippen LogP contribution in [0.2, 0.25) is 0 Å². The van der Waals surface area contributed by atoms with Crippen LogP contribution < -0.4 is 4.90 Å². The number of hydrogen-bond donors (Lipinski definition) is 0. The summed E-state index contributed by atoms with van der Waals surface area (Å²) in [5.41, 5.74) is 4.62. The molecule has 21 heavy (non-hydrogen) atoms. The fourth-order valence-corrected chi connectivity index (χ4v) is 3.42. The molecule has 0 aliphatic carbocycles. The van der Waals surface area contributed by atoms with Gasteiger partial charge in [-0.25, -0.2) is 0 Å². The molecule has 0 spiro atoms. The number of carbonyl (C=O) groups excluding carboxylic acids is 1. The number of nitrogens with zero attached hydrogens (tertiary/aromatic N) is 1. The van der Waals surface area contributed by atoms with Gasteiger partial charge in [0.15, 0.2) is 5.78 Å². The van der Waals surface area contributed by atoms with Gasteiger partial charge >= 0.3 is 0 Å². The lowest BCUT2D eigenvalue weighted by molar-refractivity contribution is 0.0998. The maximum atomic E-state index is 12.5. The molecule has 0 atom stereocenters. The second-order valence-electron chi connectivity index (χ2n) is 5.56. The lowest BCUT2D eigenvalue weighted by atomic mass is 9.99. The average molecular weight is 344 g/mol. The van der Waals surface area contributed by atoms with Crippen LogP contribution in [0.1, 0.15) is 27.9 Å². The third-order valence-corrected chi connectivity index (χ3v) is 4.65. The number of aryl methyl sites for hydroxylation is 2. The van der Waals surface area contributed by atoms with Crippen LogP contribution in [-0.2, 0) is 6.42 Å². The molecule has 0 bridgehead atoms. The molecule has 2 aromatic rings. The van der Waals surface area contributed by atoms with Crippen molar-refractivity contribution in [1.29, 1.82) is 0 Å². The summed E-state index contributed by atoms with van der Waals surface area (Å²) < 4.78 is 0.871. The fraction of sp³-hybridized carbons (Fsp3) is 0.278. The summed E-state index contributed by atoms with van der Waals surface area (Å²) in [6, 6.07) is 14.2. The monoisotopic (exact) mass is 343 g/mol. The van der Waals surface area contributed by atoms with Gasteiger partial charge in [0.1, 0.15) is 0 Å². The molecule has 3 rings (SSSR count). The van der Waals surface area contributed by atoms with Crippen molar-refractivity contribution in [2.75, 3.05) is 18.0 Å². The molecule has 1 aliphatic heterocycles. The Bertz CT molecular complexity index is 681. The molecule has 1 heterocycles. The highest BCUT2D eigenvalue weighted by molar-refractivity contribution is 9.10.